The van der Waals surface area contributed by atoms with E-state index in [1.54, 1.807) is 6.07 Å². The summed E-state index contributed by atoms with van der Waals surface area (Å²) in [5.74, 6) is -0.196. The molecule has 0 aliphatic rings. The number of benzene rings is 3. The zero-order valence-corrected chi connectivity index (χ0v) is 12.1. The molecule has 0 aliphatic carbocycles. The first kappa shape index (κ1) is 14.6. The number of carbonyl (C=O) groups is 1. The fraction of sp³-hybridized carbons (Fsp3) is 0. The van der Waals surface area contributed by atoms with Crippen molar-refractivity contribution in [1.82, 2.24) is 5.43 Å². The molecule has 0 bridgehead atoms. The molecule has 0 spiro atoms. The molecule has 3 rings (SSSR count). The van der Waals surface area contributed by atoms with E-state index in [0.29, 0.717) is 11.1 Å². The van der Waals surface area contributed by atoms with Gasteiger partial charge in [-0.15, -0.1) is 0 Å². The van der Waals surface area contributed by atoms with Crippen LogP contribution in [-0.2, 0) is 0 Å². The van der Waals surface area contributed by atoms with Crippen molar-refractivity contribution in [3.05, 3.63) is 71.8 Å². The lowest BCUT2D eigenvalue weighted by Crippen LogP contribution is -2.17. The van der Waals surface area contributed by atoms with Gasteiger partial charge in [0.25, 0.3) is 5.91 Å². The van der Waals surface area contributed by atoms with E-state index in [0.717, 1.165) is 10.8 Å². The zero-order valence-electron chi connectivity index (χ0n) is 12.1. The minimum Gasteiger partial charge on any atom is -0.508 e. The van der Waals surface area contributed by atoms with Crippen molar-refractivity contribution in [3.63, 3.8) is 0 Å². The van der Waals surface area contributed by atoms with Gasteiger partial charge in [0.2, 0.25) is 0 Å². The van der Waals surface area contributed by atoms with Crippen LogP contribution >= 0.6 is 0 Å². The molecule has 3 N–H and O–H groups in total. The highest BCUT2D eigenvalue weighted by molar-refractivity contribution is 5.98. The maximum Gasteiger partial charge on any atom is 0.271 e. The normalized spacial score (nSPS) is 11.0. The molecule has 0 aliphatic heterocycles. The van der Waals surface area contributed by atoms with E-state index < -0.39 is 5.91 Å². The van der Waals surface area contributed by atoms with Gasteiger partial charge in [-0.2, -0.15) is 5.10 Å². The van der Waals surface area contributed by atoms with Crippen molar-refractivity contribution in [2.45, 2.75) is 0 Å². The monoisotopic (exact) mass is 306 g/mol. The van der Waals surface area contributed by atoms with Gasteiger partial charge in [-0.05, 0) is 35.7 Å². The summed E-state index contributed by atoms with van der Waals surface area (Å²) in [6.45, 7) is 0. The molecule has 3 aromatic carbocycles. The average molecular weight is 306 g/mol. The molecule has 23 heavy (non-hydrogen) atoms. The molecule has 5 nitrogen and oxygen atoms in total. The van der Waals surface area contributed by atoms with Gasteiger partial charge in [0.05, 0.1) is 6.21 Å². The smallest absolute Gasteiger partial charge is 0.271 e. The number of hydrogen-bond acceptors (Lipinski definition) is 4. The van der Waals surface area contributed by atoms with Crippen molar-refractivity contribution in [2.75, 3.05) is 0 Å². The van der Waals surface area contributed by atoms with Gasteiger partial charge in [0.15, 0.2) is 0 Å². The minimum atomic E-state index is -0.401. The molecule has 5 heteroatoms. The third-order valence-corrected chi connectivity index (χ3v) is 3.43. The lowest BCUT2D eigenvalue weighted by molar-refractivity contribution is 0.0955. The zero-order chi connectivity index (χ0) is 16.2. The molecule has 0 heterocycles. The summed E-state index contributed by atoms with van der Waals surface area (Å²) in [6.07, 6.45) is 1.39. The largest absolute Gasteiger partial charge is 0.508 e. The lowest BCUT2D eigenvalue weighted by atomic mass is 10.1. The number of nitrogens with zero attached hydrogens (tertiary/aromatic N) is 1. The highest BCUT2D eigenvalue weighted by Crippen LogP contribution is 2.27. The van der Waals surface area contributed by atoms with Crippen LogP contribution in [-0.4, -0.2) is 22.3 Å². The van der Waals surface area contributed by atoms with Crippen LogP contribution in [0.25, 0.3) is 10.8 Å². The Morgan fingerprint density at radius 2 is 1.70 bits per heavy atom. The Labute approximate surface area is 132 Å². The van der Waals surface area contributed by atoms with Gasteiger partial charge in [0, 0.05) is 16.5 Å². The summed E-state index contributed by atoms with van der Waals surface area (Å²) in [4.78, 5) is 11.9. The maximum absolute atomic E-state index is 11.9. The highest BCUT2D eigenvalue weighted by Gasteiger charge is 2.05. The summed E-state index contributed by atoms with van der Waals surface area (Å²) < 4.78 is 0. The first-order chi connectivity index (χ1) is 11.1. The third-order valence-electron chi connectivity index (χ3n) is 3.43. The topological polar surface area (TPSA) is 81.9 Å². The number of phenolic OH excluding ortho intramolecular Hbond substituents is 2. The Hall–Kier alpha value is -3.34. The Bertz CT molecular complexity index is 886. The standard InChI is InChI=1S/C18H14N2O3/c21-15-9-7-13(8-10-15)18(23)20-19-11-14-6-5-12-3-1-2-4-16(12)17(14)22/h1-11,21-22H,(H,20,23)/b19-11-. The summed E-state index contributed by atoms with van der Waals surface area (Å²) in [5, 5.41) is 24.9. The van der Waals surface area contributed by atoms with E-state index in [9.17, 15) is 15.0 Å². The van der Waals surface area contributed by atoms with E-state index in [1.807, 2.05) is 30.3 Å². The second kappa shape index (κ2) is 6.19. The van der Waals surface area contributed by atoms with Gasteiger partial charge in [0.1, 0.15) is 11.5 Å². The van der Waals surface area contributed by atoms with Gasteiger partial charge >= 0.3 is 0 Å². The SMILES string of the molecule is O=C(N/N=C\c1ccc2ccccc2c1O)c1ccc(O)cc1. The molecule has 3 aromatic rings. The lowest BCUT2D eigenvalue weighted by Gasteiger charge is -2.04. The van der Waals surface area contributed by atoms with Crippen LogP contribution in [0.1, 0.15) is 15.9 Å². The Balaban J connectivity index is 1.76. The summed E-state index contributed by atoms with van der Waals surface area (Å²) >= 11 is 0. The van der Waals surface area contributed by atoms with Crippen LogP contribution < -0.4 is 5.43 Å². The fourth-order valence-electron chi connectivity index (χ4n) is 2.21. The first-order valence-electron chi connectivity index (χ1n) is 6.98. The number of fused-ring (bicyclic) bond motifs is 1. The number of hydrogen-bond donors (Lipinski definition) is 3. The number of phenols is 2. The quantitative estimate of drug-likeness (QED) is 0.514. The predicted octanol–water partition coefficient (Wildman–Crippen LogP) is 3.01. The molecule has 114 valence electrons. The number of rotatable bonds is 3. The molecule has 1 amide bonds. The fourth-order valence-corrected chi connectivity index (χ4v) is 2.21. The molecule has 0 aromatic heterocycles. The van der Waals surface area contributed by atoms with E-state index in [1.165, 1.54) is 30.5 Å². The second-order valence-corrected chi connectivity index (χ2v) is 4.97. The molecular weight excluding hydrogens is 292 g/mol. The minimum absolute atomic E-state index is 0.0890. The van der Waals surface area contributed by atoms with Gasteiger partial charge in [-0.1, -0.05) is 30.3 Å². The van der Waals surface area contributed by atoms with E-state index >= 15 is 0 Å². The van der Waals surface area contributed by atoms with Crippen LogP contribution in [0, 0.1) is 0 Å². The molecule has 0 saturated carbocycles. The van der Waals surface area contributed by atoms with Crippen LogP contribution in [0.15, 0.2) is 65.8 Å². The van der Waals surface area contributed by atoms with Crippen LogP contribution in [0.4, 0.5) is 0 Å². The van der Waals surface area contributed by atoms with Gasteiger partial charge < -0.3 is 10.2 Å². The molecule has 0 radical (unpaired) electrons. The molecule has 0 unspecified atom stereocenters. The molecular formula is C18H14N2O3. The third kappa shape index (κ3) is 3.13. The summed E-state index contributed by atoms with van der Waals surface area (Å²) in [5.41, 5.74) is 3.27. The molecule has 0 fully saturated rings. The molecule has 0 atom stereocenters. The average Bonchev–Trinajstić information content (AvgIpc) is 2.57. The van der Waals surface area contributed by atoms with Crippen molar-refractivity contribution < 1.29 is 15.0 Å². The van der Waals surface area contributed by atoms with Crippen molar-refractivity contribution in [3.8, 4) is 11.5 Å². The predicted molar refractivity (Wildman–Crippen MR) is 88.8 cm³/mol. The number of carbonyl (C=O) groups excluding carboxylic acids is 1. The Morgan fingerprint density at radius 3 is 2.48 bits per heavy atom. The Kier molecular flexibility index (Phi) is 3.93. The van der Waals surface area contributed by atoms with E-state index in [-0.39, 0.29) is 11.5 Å². The maximum atomic E-state index is 11.9. The number of hydrazone groups is 1. The number of aromatic hydroxyl groups is 2. The van der Waals surface area contributed by atoms with Gasteiger partial charge in [-0.25, -0.2) is 5.43 Å². The number of amides is 1. The first-order valence-corrected chi connectivity index (χ1v) is 6.98. The van der Waals surface area contributed by atoms with Crippen molar-refractivity contribution in [1.29, 1.82) is 0 Å². The van der Waals surface area contributed by atoms with Crippen molar-refractivity contribution >= 4 is 22.9 Å². The number of nitrogens with one attached hydrogen (secondary N) is 1. The molecule has 0 saturated heterocycles. The van der Waals surface area contributed by atoms with Crippen LogP contribution in [0.2, 0.25) is 0 Å². The summed E-state index contributed by atoms with van der Waals surface area (Å²) in [7, 11) is 0. The van der Waals surface area contributed by atoms with Crippen LogP contribution in [0.5, 0.6) is 11.5 Å². The summed E-state index contributed by atoms with van der Waals surface area (Å²) in [6, 6.07) is 16.9. The van der Waals surface area contributed by atoms with Gasteiger partial charge in [-0.3, -0.25) is 4.79 Å². The van der Waals surface area contributed by atoms with Crippen molar-refractivity contribution in [2.24, 2.45) is 5.10 Å². The van der Waals surface area contributed by atoms with E-state index in [2.05, 4.69) is 10.5 Å². The highest BCUT2D eigenvalue weighted by atomic mass is 16.3. The Morgan fingerprint density at radius 1 is 0.957 bits per heavy atom. The van der Waals surface area contributed by atoms with Crippen LogP contribution in [0.3, 0.4) is 0 Å². The van der Waals surface area contributed by atoms with E-state index in [4.69, 9.17) is 0 Å². The second-order valence-electron chi connectivity index (χ2n) is 4.97.